The number of carbonyl (C=O) groups excluding carboxylic acids is 1. The van der Waals surface area contributed by atoms with Crippen LogP contribution in [-0.4, -0.2) is 22.3 Å². The van der Waals surface area contributed by atoms with Crippen LogP contribution in [0.3, 0.4) is 0 Å². The number of nitrogens with zero attached hydrogens (tertiary/aromatic N) is 2. The van der Waals surface area contributed by atoms with Gasteiger partial charge in [0.05, 0.1) is 18.7 Å². The summed E-state index contributed by atoms with van der Waals surface area (Å²) in [5.74, 6) is 1.14. The minimum atomic E-state index is -0.265. The molecule has 6 heteroatoms. The third-order valence-corrected chi connectivity index (χ3v) is 4.92. The fraction of sp³-hybridized carbons (Fsp3) is 0.238. The van der Waals surface area contributed by atoms with Crippen molar-refractivity contribution in [1.82, 2.24) is 9.78 Å². The fourth-order valence-corrected chi connectivity index (χ4v) is 3.50. The second-order valence-corrected chi connectivity index (χ2v) is 7.25. The van der Waals surface area contributed by atoms with Crippen LogP contribution in [0.1, 0.15) is 16.7 Å². The Balaban J connectivity index is 1.46. The Hall–Kier alpha value is -2.79. The van der Waals surface area contributed by atoms with E-state index in [1.807, 2.05) is 24.3 Å². The molecule has 2 heterocycles. The molecule has 0 radical (unpaired) electrons. The summed E-state index contributed by atoms with van der Waals surface area (Å²) < 4.78 is 7.52. The van der Waals surface area contributed by atoms with Crippen LogP contribution >= 0.6 is 11.6 Å². The number of ether oxygens (including phenoxy) is 1. The molecule has 0 aliphatic carbocycles. The van der Waals surface area contributed by atoms with Crippen LogP contribution < -0.4 is 10.1 Å². The standard InChI is InChI=1S/C21H20ClN3O2/c1-14-3-2-4-15(9-14)12-25-20(7-8-23-25)24-21(26)17-10-16-11-18(22)5-6-19(16)27-13-17/h2-9,11,17H,10,12-13H2,1H3,(H,24,26). The highest BCUT2D eigenvalue weighted by atomic mass is 35.5. The Labute approximate surface area is 162 Å². The number of amides is 1. The van der Waals surface area contributed by atoms with E-state index in [-0.39, 0.29) is 11.8 Å². The second-order valence-electron chi connectivity index (χ2n) is 6.82. The van der Waals surface area contributed by atoms with Crippen molar-refractivity contribution in [2.45, 2.75) is 19.9 Å². The molecule has 2 aromatic carbocycles. The number of aryl methyl sites for hydroxylation is 1. The fourth-order valence-electron chi connectivity index (χ4n) is 3.31. The van der Waals surface area contributed by atoms with Crippen LogP contribution in [0.2, 0.25) is 5.02 Å². The Morgan fingerprint density at radius 1 is 1.30 bits per heavy atom. The van der Waals surface area contributed by atoms with Gasteiger partial charge < -0.3 is 10.1 Å². The van der Waals surface area contributed by atoms with Gasteiger partial charge in [-0.3, -0.25) is 4.79 Å². The lowest BCUT2D eigenvalue weighted by atomic mass is 9.96. The number of hydrogen-bond acceptors (Lipinski definition) is 3. The van der Waals surface area contributed by atoms with Gasteiger partial charge in [-0.15, -0.1) is 0 Å². The van der Waals surface area contributed by atoms with Crippen molar-refractivity contribution < 1.29 is 9.53 Å². The number of aromatic nitrogens is 2. The number of carbonyl (C=O) groups is 1. The average molecular weight is 382 g/mol. The van der Waals surface area contributed by atoms with Crippen LogP contribution in [0.5, 0.6) is 5.75 Å². The van der Waals surface area contributed by atoms with Crippen LogP contribution in [0, 0.1) is 12.8 Å². The normalized spacial score (nSPS) is 15.7. The summed E-state index contributed by atoms with van der Waals surface area (Å²) in [6.45, 7) is 3.01. The van der Waals surface area contributed by atoms with Crippen LogP contribution in [0.25, 0.3) is 0 Å². The van der Waals surface area contributed by atoms with E-state index in [2.05, 4.69) is 35.5 Å². The molecule has 0 fully saturated rings. The number of nitrogens with one attached hydrogen (secondary N) is 1. The maximum absolute atomic E-state index is 12.8. The smallest absolute Gasteiger partial charge is 0.232 e. The van der Waals surface area contributed by atoms with E-state index in [0.717, 1.165) is 16.9 Å². The molecule has 0 bridgehead atoms. The van der Waals surface area contributed by atoms with Gasteiger partial charge in [0.1, 0.15) is 18.2 Å². The van der Waals surface area contributed by atoms with Gasteiger partial charge in [0, 0.05) is 11.1 Å². The van der Waals surface area contributed by atoms with Gasteiger partial charge in [-0.05, 0) is 42.7 Å². The predicted octanol–water partition coefficient (Wildman–Crippen LogP) is 4.08. The molecular weight excluding hydrogens is 362 g/mol. The monoisotopic (exact) mass is 381 g/mol. The summed E-state index contributed by atoms with van der Waals surface area (Å²) in [6.07, 6.45) is 2.30. The zero-order valence-corrected chi connectivity index (χ0v) is 15.7. The van der Waals surface area contributed by atoms with Gasteiger partial charge in [0.2, 0.25) is 5.91 Å². The van der Waals surface area contributed by atoms with E-state index >= 15 is 0 Å². The molecule has 3 aromatic rings. The van der Waals surface area contributed by atoms with Crippen molar-refractivity contribution in [3.8, 4) is 5.75 Å². The van der Waals surface area contributed by atoms with Gasteiger partial charge in [0.25, 0.3) is 0 Å². The molecule has 1 atom stereocenters. The second kappa shape index (κ2) is 7.45. The van der Waals surface area contributed by atoms with E-state index in [1.54, 1.807) is 16.9 Å². The Morgan fingerprint density at radius 3 is 3.04 bits per heavy atom. The molecule has 138 valence electrons. The minimum absolute atomic E-state index is 0.0772. The number of benzene rings is 2. The number of halogens is 1. The Bertz CT molecular complexity index is 983. The molecular formula is C21H20ClN3O2. The lowest BCUT2D eigenvalue weighted by Crippen LogP contribution is -2.33. The molecule has 1 N–H and O–H groups in total. The largest absolute Gasteiger partial charge is 0.492 e. The van der Waals surface area contributed by atoms with Gasteiger partial charge >= 0.3 is 0 Å². The molecule has 1 amide bonds. The molecule has 0 spiro atoms. The lowest BCUT2D eigenvalue weighted by molar-refractivity contribution is -0.121. The predicted molar refractivity (Wildman–Crippen MR) is 105 cm³/mol. The van der Waals surface area contributed by atoms with Crippen LogP contribution in [0.4, 0.5) is 5.82 Å². The molecule has 27 heavy (non-hydrogen) atoms. The van der Waals surface area contributed by atoms with E-state index < -0.39 is 0 Å². The number of rotatable bonds is 4. The zero-order chi connectivity index (χ0) is 18.8. The van der Waals surface area contributed by atoms with Gasteiger partial charge in [-0.25, -0.2) is 4.68 Å². The highest BCUT2D eigenvalue weighted by molar-refractivity contribution is 6.30. The van der Waals surface area contributed by atoms with Crippen LogP contribution in [0.15, 0.2) is 54.7 Å². The van der Waals surface area contributed by atoms with Crippen molar-refractivity contribution in [3.63, 3.8) is 0 Å². The molecule has 1 aliphatic heterocycles. The van der Waals surface area contributed by atoms with Crippen molar-refractivity contribution >= 4 is 23.3 Å². The SMILES string of the molecule is Cc1cccc(Cn2nccc2NC(=O)C2COc3ccc(Cl)cc3C2)c1. The summed E-state index contributed by atoms with van der Waals surface area (Å²) in [7, 11) is 0. The summed E-state index contributed by atoms with van der Waals surface area (Å²) in [5, 5.41) is 7.98. The lowest BCUT2D eigenvalue weighted by Gasteiger charge is -2.24. The highest BCUT2D eigenvalue weighted by Crippen LogP contribution is 2.30. The molecule has 0 saturated carbocycles. The van der Waals surface area contributed by atoms with Crippen molar-refractivity contribution in [1.29, 1.82) is 0 Å². The summed E-state index contributed by atoms with van der Waals surface area (Å²) in [6, 6.07) is 15.6. The molecule has 5 nitrogen and oxygen atoms in total. The quantitative estimate of drug-likeness (QED) is 0.740. The molecule has 1 unspecified atom stereocenters. The average Bonchev–Trinajstić information content (AvgIpc) is 3.07. The number of fused-ring (bicyclic) bond motifs is 1. The van der Waals surface area contributed by atoms with E-state index in [4.69, 9.17) is 16.3 Å². The summed E-state index contributed by atoms with van der Waals surface area (Å²) >= 11 is 6.06. The maximum Gasteiger partial charge on any atom is 0.232 e. The first-order chi connectivity index (χ1) is 13.1. The van der Waals surface area contributed by atoms with Crippen molar-refractivity contribution in [3.05, 3.63) is 76.4 Å². The molecule has 0 saturated heterocycles. The third kappa shape index (κ3) is 3.98. The number of anilines is 1. The first kappa shape index (κ1) is 17.6. The summed E-state index contributed by atoms with van der Waals surface area (Å²) in [4.78, 5) is 12.8. The van der Waals surface area contributed by atoms with Gasteiger partial charge in [0.15, 0.2) is 0 Å². The minimum Gasteiger partial charge on any atom is -0.492 e. The zero-order valence-electron chi connectivity index (χ0n) is 15.0. The van der Waals surface area contributed by atoms with Crippen LogP contribution in [-0.2, 0) is 17.8 Å². The molecule has 4 rings (SSSR count). The topological polar surface area (TPSA) is 56.2 Å². The first-order valence-corrected chi connectivity index (χ1v) is 9.26. The Morgan fingerprint density at radius 2 is 2.19 bits per heavy atom. The van der Waals surface area contributed by atoms with E-state index in [1.165, 1.54) is 5.56 Å². The maximum atomic E-state index is 12.8. The number of hydrogen-bond donors (Lipinski definition) is 1. The third-order valence-electron chi connectivity index (χ3n) is 4.68. The van der Waals surface area contributed by atoms with E-state index in [9.17, 15) is 4.79 Å². The highest BCUT2D eigenvalue weighted by Gasteiger charge is 2.26. The van der Waals surface area contributed by atoms with Gasteiger partial charge in [-0.2, -0.15) is 5.10 Å². The molecule has 1 aromatic heterocycles. The van der Waals surface area contributed by atoms with Gasteiger partial charge in [-0.1, -0.05) is 41.4 Å². The molecule has 1 aliphatic rings. The first-order valence-electron chi connectivity index (χ1n) is 8.88. The Kier molecular flexibility index (Phi) is 4.86. The van der Waals surface area contributed by atoms with E-state index in [0.29, 0.717) is 30.4 Å². The van der Waals surface area contributed by atoms with Crippen molar-refractivity contribution in [2.24, 2.45) is 5.92 Å². The summed E-state index contributed by atoms with van der Waals surface area (Å²) in [5.41, 5.74) is 3.29. The van der Waals surface area contributed by atoms with Crippen molar-refractivity contribution in [2.75, 3.05) is 11.9 Å².